The van der Waals surface area contributed by atoms with E-state index in [9.17, 15) is 0 Å². The first-order chi connectivity index (χ1) is 9.93. The Hall–Kier alpha value is -0.260. The van der Waals surface area contributed by atoms with Gasteiger partial charge in [0, 0.05) is 0 Å². The van der Waals surface area contributed by atoms with Gasteiger partial charge in [0.1, 0.15) is 0 Å². The van der Waals surface area contributed by atoms with E-state index < -0.39 is 0 Å². The van der Waals surface area contributed by atoms with Gasteiger partial charge in [-0.2, -0.15) is 0 Å². The van der Waals surface area contributed by atoms with Crippen LogP contribution < -0.4 is 0 Å². The molecule has 0 aromatic heterocycles. The third kappa shape index (κ3) is 10.5. The van der Waals surface area contributed by atoms with Crippen LogP contribution in [0.5, 0.6) is 0 Å². The van der Waals surface area contributed by atoms with Crippen LogP contribution in [0.2, 0.25) is 0 Å². The molecule has 0 spiro atoms. The maximum Gasteiger partial charge on any atom is -0.0319 e. The maximum atomic E-state index is 2.59. The van der Waals surface area contributed by atoms with Gasteiger partial charge in [0.05, 0.1) is 0 Å². The van der Waals surface area contributed by atoms with Crippen LogP contribution in [-0.2, 0) is 0 Å². The number of hydrogen-bond acceptors (Lipinski definition) is 0. The molecule has 0 fully saturated rings. The predicted octanol–water partition coefficient (Wildman–Crippen LogP) is 7.25. The lowest BCUT2D eigenvalue weighted by Crippen LogP contribution is -2.02. The standard InChI is InChI=1S/C20H37/c1-2-3-4-5-6-7-8-9-10-11-12-14-17-20-18-15-13-16-19-20/h13,15,17,20H,2-12,14,16,18-19H2,1H3. The number of hydrogen-bond donors (Lipinski definition) is 0. The summed E-state index contributed by atoms with van der Waals surface area (Å²) in [5, 5.41) is 0. The highest BCUT2D eigenvalue weighted by Gasteiger charge is 2.08. The minimum absolute atomic E-state index is 0.892. The summed E-state index contributed by atoms with van der Waals surface area (Å²) in [5.41, 5.74) is 0. The van der Waals surface area contributed by atoms with Crippen molar-refractivity contribution in [3.05, 3.63) is 18.6 Å². The molecule has 0 heteroatoms. The Labute approximate surface area is 128 Å². The highest BCUT2D eigenvalue weighted by Crippen LogP contribution is 2.23. The Kier molecular flexibility index (Phi) is 12.2. The molecule has 1 radical (unpaired) electrons. The van der Waals surface area contributed by atoms with E-state index in [0.29, 0.717) is 0 Å². The lowest BCUT2D eigenvalue weighted by molar-refractivity contribution is 0.506. The first-order valence-electron chi connectivity index (χ1n) is 9.42. The average Bonchev–Trinajstić information content (AvgIpc) is 2.49. The summed E-state index contributed by atoms with van der Waals surface area (Å²) in [6.07, 6.45) is 28.6. The number of allylic oxidation sites excluding steroid dienone is 2. The van der Waals surface area contributed by atoms with Gasteiger partial charge in [0.2, 0.25) is 0 Å². The Balaban J connectivity index is 1.71. The second-order valence-electron chi connectivity index (χ2n) is 6.60. The van der Waals surface area contributed by atoms with Crippen LogP contribution in [0.1, 0.15) is 103 Å². The van der Waals surface area contributed by atoms with Gasteiger partial charge < -0.3 is 0 Å². The Bertz CT molecular complexity index is 216. The molecule has 0 amide bonds. The van der Waals surface area contributed by atoms with Crippen LogP contribution in [0.15, 0.2) is 12.2 Å². The minimum atomic E-state index is 0.892. The monoisotopic (exact) mass is 277 g/mol. The summed E-state index contributed by atoms with van der Waals surface area (Å²) in [6.45, 7) is 2.29. The van der Waals surface area contributed by atoms with Gasteiger partial charge in [-0.1, -0.05) is 89.7 Å². The molecule has 1 aliphatic carbocycles. The Morgan fingerprint density at radius 3 is 1.95 bits per heavy atom. The molecule has 0 aromatic carbocycles. The zero-order valence-electron chi connectivity index (χ0n) is 13.9. The Morgan fingerprint density at radius 1 is 0.800 bits per heavy atom. The van der Waals surface area contributed by atoms with E-state index in [2.05, 4.69) is 25.5 Å². The topological polar surface area (TPSA) is 0 Å². The smallest absolute Gasteiger partial charge is 0.0319 e. The van der Waals surface area contributed by atoms with Crippen molar-refractivity contribution < 1.29 is 0 Å². The molecule has 0 N–H and O–H groups in total. The van der Waals surface area contributed by atoms with Gasteiger partial charge in [0.25, 0.3) is 0 Å². The molecule has 0 heterocycles. The average molecular weight is 278 g/mol. The van der Waals surface area contributed by atoms with E-state index in [-0.39, 0.29) is 0 Å². The largest absolute Gasteiger partial charge is 0.0885 e. The van der Waals surface area contributed by atoms with E-state index in [0.717, 1.165) is 5.92 Å². The van der Waals surface area contributed by atoms with E-state index in [1.54, 1.807) is 0 Å². The van der Waals surface area contributed by atoms with Gasteiger partial charge in [0.15, 0.2) is 0 Å². The van der Waals surface area contributed by atoms with Crippen molar-refractivity contribution in [2.75, 3.05) is 0 Å². The van der Waals surface area contributed by atoms with Crippen molar-refractivity contribution in [2.45, 2.75) is 103 Å². The fraction of sp³-hybridized carbons (Fsp3) is 0.850. The van der Waals surface area contributed by atoms with Crippen molar-refractivity contribution in [3.63, 3.8) is 0 Å². The SMILES string of the molecule is CCCCCCCCCCCCC[CH]C1CC=CCC1. The highest BCUT2D eigenvalue weighted by atomic mass is 14.1. The molecule has 0 saturated heterocycles. The van der Waals surface area contributed by atoms with Gasteiger partial charge >= 0.3 is 0 Å². The third-order valence-corrected chi connectivity index (χ3v) is 4.62. The van der Waals surface area contributed by atoms with Crippen molar-refractivity contribution in [2.24, 2.45) is 5.92 Å². The van der Waals surface area contributed by atoms with Gasteiger partial charge in [-0.25, -0.2) is 0 Å². The third-order valence-electron chi connectivity index (χ3n) is 4.62. The lowest BCUT2D eigenvalue weighted by Gasteiger charge is -2.16. The second-order valence-corrected chi connectivity index (χ2v) is 6.60. The molecule has 117 valence electrons. The molecular weight excluding hydrogens is 240 g/mol. The molecule has 1 unspecified atom stereocenters. The lowest BCUT2D eigenvalue weighted by atomic mass is 9.89. The predicted molar refractivity (Wildman–Crippen MR) is 91.9 cm³/mol. The molecule has 1 rings (SSSR count). The van der Waals surface area contributed by atoms with Crippen LogP contribution in [0.25, 0.3) is 0 Å². The molecule has 20 heavy (non-hydrogen) atoms. The number of rotatable bonds is 13. The van der Waals surface area contributed by atoms with Crippen LogP contribution in [0.4, 0.5) is 0 Å². The van der Waals surface area contributed by atoms with Crippen LogP contribution >= 0.6 is 0 Å². The van der Waals surface area contributed by atoms with Crippen molar-refractivity contribution in [1.82, 2.24) is 0 Å². The van der Waals surface area contributed by atoms with Gasteiger partial charge in [-0.05, 0) is 38.0 Å². The van der Waals surface area contributed by atoms with Gasteiger partial charge in [-0.15, -0.1) is 0 Å². The first-order valence-corrected chi connectivity index (χ1v) is 9.42. The molecule has 0 bridgehead atoms. The maximum absolute atomic E-state index is 2.59. The molecule has 0 saturated carbocycles. The van der Waals surface area contributed by atoms with Crippen molar-refractivity contribution >= 4 is 0 Å². The van der Waals surface area contributed by atoms with Crippen molar-refractivity contribution in [1.29, 1.82) is 0 Å². The zero-order valence-corrected chi connectivity index (χ0v) is 13.9. The number of unbranched alkanes of at least 4 members (excludes halogenated alkanes) is 11. The van der Waals surface area contributed by atoms with E-state index in [4.69, 9.17) is 0 Å². The summed E-state index contributed by atoms with van der Waals surface area (Å²) in [7, 11) is 0. The van der Waals surface area contributed by atoms with E-state index in [1.165, 1.54) is 96.3 Å². The highest BCUT2D eigenvalue weighted by molar-refractivity contribution is 4.94. The van der Waals surface area contributed by atoms with Gasteiger partial charge in [-0.3, -0.25) is 0 Å². The van der Waals surface area contributed by atoms with Crippen LogP contribution in [0, 0.1) is 12.3 Å². The Morgan fingerprint density at radius 2 is 1.40 bits per heavy atom. The molecular formula is C20H37. The van der Waals surface area contributed by atoms with Crippen LogP contribution in [0.3, 0.4) is 0 Å². The fourth-order valence-corrected chi connectivity index (χ4v) is 3.19. The molecule has 1 aliphatic rings. The minimum Gasteiger partial charge on any atom is -0.0885 e. The van der Waals surface area contributed by atoms with Crippen molar-refractivity contribution in [3.8, 4) is 0 Å². The summed E-state index contributed by atoms with van der Waals surface area (Å²) >= 11 is 0. The van der Waals surface area contributed by atoms with Crippen LogP contribution in [-0.4, -0.2) is 0 Å². The summed E-state index contributed by atoms with van der Waals surface area (Å²) in [6, 6.07) is 0. The normalized spacial score (nSPS) is 18.6. The molecule has 0 aliphatic heterocycles. The van der Waals surface area contributed by atoms with E-state index >= 15 is 0 Å². The first kappa shape index (κ1) is 17.8. The fourth-order valence-electron chi connectivity index (χ4n) is 3.19. The molecule has 1 atom stereocenters. The quantitative estimate of drug-likeness (QED) is 0.246. The summed E-state index contributed by atoms with van der Waals surface area (Å²) in [5.74, 6) is 0.892. The zero-order chi connectivity index (χ0) is 14.3. The summed E-state index contributed by atoms with van der Waals surface area (Å²) in [4.78, 5) is 0. The summed E-state index contributed by atoms with van der Waals surface area (Å²) < 4.78 is 0. The molecule has 0 aromatic rings. The van der Waals surface area contributed by atoms with E-state index in [1.807, 2.05) is 0 Å². The molecule has 0 nitrogen and oxygen atoms in total. The second kappa shape index (κ2) is 13.7.